The minimum atomic E-state index is 0.489. The van der Waals surface area contributed by atoms with E-state index >= 15 is 0 Å². The van der Waals surface area contributed by atoms with Crippen LogP contribution in [0.15, 0.2) is 0 Å². The normalized spacial score (nSPS) is 36.4. The topological polar surface area (TPSA) is 18.5 Å². The Morgan fingerprint density at radius 2 is 1.82 bits per heavy atom. The summed E-state index contributed by atoms with van der Waals surface area (Å²) >= 11 is 0. The van der Waals surface area contributed by atoms with Crippen LogP contribution < -0.4 is 0 Å². The lowest BCUT2D eigenvalue weighted by Gasteiger charge is -2.29. The first-order chi connectivity index (χ1) is 8.16. The Balaban J connectivity index is 1.73. The molecule has 17 heavy (non-hydrogen) atoms. The molecule has 2 fully saturated rings. The van der Waals surface area contributed by atoms with Crippen molar-refractivity contribution in [2.45, 2.75) is 77.6 Å². The third-order valence-electron chi connectivity index (χ3n) is 4.37. The monoisotopic (exact) mass is 240 g/mol. The van der Waals surface area contributed by atoms with Crippen LogP contribution in [0.1, 0.15) is 59.3 Å². The van der Waals surface area contributed by atoms with Gasteiger partial charge in [-0.25, -0.2) is 0 Å². The minimum Gasteiger partial charge on any atom is -0.378 e. The number of hydrogen-bond acceptors (Lipinski definition) is 2. The highest BCUT2D eigenvalue weighted by Gasteiger charge is 2.30. The van der Waals surface area contributed by atoms with E-state index in [2.05, 4.69) is 20.8 Å². The average Bonchev–Trinajstić information content (AvgIpc) is 2.79. The maximum absolute atomic E-state index is 6.13. The first kappa shape index (κ1) is 13.4. The van der Waals surface area contributed by atoms with Gasteiger partial charge in [0.25, 0.3) is 0 Å². The summed E-state index contributed by atoms with van der Waals surface area (Å²) in [5.74, 6) is 1.33. The molecular formula is C15H28O2. The van der Waals surface area contributed by atoms with Crippen LogP contribution in [0.25, 0.3) is 0 Å². The average molecular weight is 240 g/mol. The summed E-state index contributed by atoms with van der Waals surface area (Å²) in [6.07, 6.45) is 9.01. The minimum absolute atomic E-state index is 0.489. The van der Waals surface area contributed by atoms with Crippen molar-refractivity contribution in [2.24, 2.45) is 11.8 Å². The van der Waals surface area contributed by atoms with Gasteiger partial charge < -0.3 is 9.47 Å². The van der Waals surface area contributed by atoms with Gasteiger partial charge in [-0.1, -0.05) is 20.8 Å². The van der Waals surface area contributed by atoms with Gasteiger partial charge in [-0.2, -0.15) is 0 Å². The van der Waals surface area contributed by atoms with Crippen molar-refractivity contribution in [3.05, 3.63) is 0 Å². The molecule has 2 aliphatic heterocycles. The zero-order valence-corrected chi connectivity index (χ0v) is 11.7. The van der Waals surface area contributed by atoms with Gasteiger partial charge in [0.05, 0.1) is 18.3 Å². The molecule has 0 aliphatic carbocycles. The Morgan fingerprint density at radius 1 is 1.00 bits per heavy atom. The molecule has 0 spiro atoms. The van der Waals surface area contributed by atoms with Crippen molar-refractivity contribution in [3.63, 3.8) is 0 Å². The predicted octanol–water partition coefficient (Wildman–Crippen LogP) is 3.79. The lowest BCUT2D eigenvalue weighted by Crippen LogP contribution is -2.29. The molecule has 0 radical (unpaired) electrons. The summed E-state index contributed by atoms with van der Waals surface area (Å²) in [6, 6.07) is 0. The number of hydrogen-bond donors (Lipinski definition) is 0. The highest BCUT2D eigenvalue weighted by molar-refractivity contribution is 4.80. The van der Waals surface area contributed by atoms with E-state index in [9.17, 15) is 0 Å². The molecule has 4 unspecified atom stereocenters. The molecule has 2 rings (SSSR count). The van der Waals surface area contributed by atoms with Crippen LogP contribution in [0.5, 0.6) is 0 Å². The van der Waals surface area contributed by atoms with Crippen LogP contribution in [0.4, 0.5) is 0 Å². The second-order valence-electron chi connectivity index (χ2n) is 6.24. The molecule has 0 aromatic carbocycles. The predicted molar refractivity (Wildman–Crippen MR) is 70.1 cm³/mol. The van der Waals surface area contributed by atoms with Crippen LogP contribution in [-0.2, 0) is 9.47 Å². The number of ether oxygens (including phenoxy) is 2. The van der Waals surface area contributed by atoms with E-state index in [-0.39, 0.29) is 0 Å². The first-order valence-electron chi connectivity index (χ1n) is 7.44. The van der Waals surface area contributed by atoms with E-state index in [1.165, 1.54) is 38.5 Å². The van der Waals surface area contributed by atoms with Gasteiger partial charge >= 0.3 is 0 Å². The molecule has 2 saturated heterocycles. The fraction of sp³-hybridized carbons (Fsp3) is 1.00. The quantitative estimate of drug-likeness (QED) is 0.744. The molecule has 0 N–H and O–H groups in total. The third-order valence-corrected chi connectivity index (χ3v) is 4.37. The molecule has 2 heteroatoms. The zero-order chi connectivity index (χ0) is 12.3. The highest BCUT2D eigenvalue weighted by Crippen LogP contribution is 2.31. The summed E-state index contributed by atoms with van der Waals surface area (Å²) in [5, 5.41) is 0. The molecule has 100 valence electrons. The van der Waals surface area contributed by atoms with E-state index in [1.807, 2.05) is 0 Å². The molecule has 0 aromatic heterocycles. The van der Waals surface area contributed by atoms with E-state index in [0.29, 0.717) is 30.1 Å². The summed E-state index contributed by atoms with van der Waals surface area (Å²) < 4.78 is 12.0. The molecule has 0 saturated carbocycles. The summed E-state index contributed by atoms with van der Waals surface area (Å²) in [7, 11) is 0. The molecule has 4 atom stereocenters. The Kier molecular flexibility index (Phi) is 4.87. The largest absolute Gasteiger partial charge is 0.378 e. The van der Waals surface area contributed by atoms with Gasteiger partial charge in [-0.15, -0.1) is 0 Å². The maximum atomic E-state index is 6.13. The van der Waals surface area contributed by atoms with E-state index in [0.717, 1.165) is 6.61 Å². The molecule has 2 nitrogen and oxygen atoms in total. The van der Waals surface area contributed by atoms with Gasteiger partial charge in [-0.3, -0.25) is 0 Å². The van der Waals surface area contributed by atoms with E-state index < -0.39 is 0 Å². The lowest BCUT2D eigenvalue weighted by atomic mass is 9.91. The Hall–Kier alpha value is -0.0800. The molecule has 2 heterocycles. The summed E-state index contributed by atoms with van der Waals surface area (Å²) in [5.41, 5.74) is 0. The maximum Gasteiger partial charge on any atom is 0.0602 e. The van der Waals surface area contributed by atoms with Crippen LogP contribution in [0.3, 0.4) is 0 Å². The molecule has 0 amide bonds. The Bertz CT molecular complexity index is 221. The lowest BCUT2D eigenvalue weighted by molar-refractivity contribution is -0.0429. The third kappa shape index (κ3) is 3.69. The fourth-order valence-electron chi connectivity index (χ4n) is 3.18. The summed E-state index contributed by atoms with van der Waals surface area (Å²) in [6.45, 7) is 7.83. The second kappa shape index (κ2) is 6.19. The van der Waals surface area contributed by atoms with Crippen molar-refractivity contribution in [1.29, 1.82) is 0 Å². The zero-order valence-electron chi connectivity index (χ0n) is 11.7. The fourth-order valence-corrected chi connectivity index (χ4v) is 3.18. The van der Waals surface area contributed by atoms with Crippen molar-refractivity contribution >= 4 is 0 Å². The van der Waals surface area contributed by atoms with Gasteiger partial charge in [0, 0.05) is 6.61 Å². The van der Waals surface area contributed by atoms with Crippen molar-refractivity contribution in [3.8, 4) is 0 Å². The van der Waals surface area contributed by atoms with Gasteiger partial charge in [0.1, 0.15) is 0 Å². The van der Waals surface area contributed by atoms with Crippen LogP contribution in [0.2, 0.25) is 0 Å². The molecule has 0 bridgehead atoms. The molecule has 0 aromatic rings. The molecular weight excluding hydrogens is 212 g/mol. The highest BCUT2D eigenvalue weighted by atomic mass is 16.5. The van der Waals surface area contributed by atoms with Gasteiger partial charge in [0.15, 0.2) is 0 Å². The van der Waals surface area contributed by atoms with Gasteiger partial charge in [-0.05, 0) is 50.4 Å². The number of rotatable bonds is 4. The van der Waals surface area contributed by atoms with Crippen LogP contribution >= 0.6 is 0 Å². The van der Waals surface area contributed by atoms with Crippen molar-refractivity contribution in [2.75, 3.05) is 6.61 Å². The van der Waals surface area contributed by atoms with Crippen LogP contribution in [0, 0.1) is 11.8 Å². The van der Waals surface area contributed by atoms with E-state index in [4.69, 9.17) is 9.47 Å². The van der Waals surface area contributed by atoms with Crippen molar-refractivity contribution < 1.29 is 9.47 Å². The SMILES string of the molecule is CC(C)C1CCC(CC(C)C2CCCCO2)O1. The Morgan fingerprint density at radius 3 is 2.41 bits per heavy atom. The van der Waals surface area contributed by atoms with Crippen molar-refractivity contribution in [1.82, 2.24) is 0 Å². The first-order valence-corrected chi connectivity index (χ1v) is 7.44. The summed E-state index contributed by atoms with van der Waals surface area (Å²) in [4.78, 5) is 0. The standard InChI is InChI=1S/C15H28O2/c1-11(2)14-8-7-13(17-14)10-12(3)15-6-4-5-9-16-15/h11-15H,4-10H2,1-3H3. The smallest absolute Gasteiger partial charge is 0.0602 e. The van der Waals surface area contributed by atoms with Crippen LogP contribution in [-0.4, -0.2) is 24.9 Å². The Labute approximate surface area is 106 Å². The van der Waals surface area contributed by atoms with E-state index in [1.54, 1.807) is 0 Å². The molecule has 2 aliphatic rings. The second-order valence-corrected chi connectivity index (χ2v) is 6.24. The van der Waals surface area contributed by atoms with Gasteiger partial charge in [0.2, 0.25) is 0 Å².